The molecule has 0 bridgehead atoms. The van der Waals surface area contributed by atoms with Gasteiger partial charge in [-0.1, -0.05) is 6.07 Å². The Morgan fingerprint density at radius 2 is 1.63 bits per heavy atom. The maximum absolute atomic E-state index is 6.39. The van der Waals surface area contributed by atoms with Crippen LogP contribution in [0.3, 0.4) is 0 Å². The van der Waals surface area contributed by atoms with Crippen molar-refractivity contribution in [3.05, 3.63) is 35.7 Å². The molecular weight excluding hydrogens is 336 g/mol. The summed E-state index contributed by atoms with van der Waals surface area (Å²) in [5.41, 5.74) is 10.5. The zero-order valence-corrected chi connectivity index (χ0v) is 17.3. The van der Waals surface area contributed by atoms with Gasteiger partial charge in [0.05, 0.1) is 0 Å². The number of aryl methyl sites for hydroxylation is 2. The standard InChI is InChI=1S/C21H32N6/c1-13-7-8-15(9-14(13)2)25-18-17(22)19(24-12-23-18)26-16-10-20(3,4)27-21(5,6)11-16/h7-9,12,16,27H,10-11,22H2,1-6H3,(H2,23,24,25,26). The maximum atomic E-state index is 6.39. The van der Waals surface area contributed by atoms with Crippen LogP contribution in [0, 0.1) is 13.8 Å². The molecule has 6 heteroatoms. The lowest BCUT2D eigenvalue weighted by molar-refractivity contribution is 0.170. The van der Waals surface area contributed by atoms with Crippen LogP contribution in [0.15, 0.2) is 24.5 Å². The molecule has 1 fully saturated rings. The highest BCUT2D eigenvalue weighted by atomic mass is 15.1. The Hall–Kier alpha value is -2.34. The molecular formula is C21H32N6. The van der Waals surface area contributed by atoms with Crippen LogP contribution in [0.2, 0.25) is 0 Å². The monoisotopic (exact) mass is 368 g/mol. The predicted octanol–water partition coefficient (Wildman–Crippen LogP) is 4.14. The average Bonchev–Trinajstić information content (AvgIpc) is 2.52. The van der Waals surface area contributed by atoms with Gasteiger partial charge in [-0.2, -0.15) is 0 Å². The van der Waals surface area contributed by atoms with E-state index in [-0.39, 0.29) is 11.1 Å². The number of nitrogens with one attached hydrogen (secondary N) is 3. The second-order valence-corrected chi connectivity index (χ2v) is 9.05. The Balaban J connectivity index is 1.79. The van der Waals surface area contributed by atoms with Gasteiger partial charge in [0.1, 0.15) is 12.0 Å². The molecule has 0 amide bonds. The van der Waals surface area contributed by atoms with E-state index in [0.717, 1.165) is 18.5 Å². The van der Waals surface area contributed by atoms with Crippen LogP contribution in [0.5, 0.6) is 0 Å². The molecule has 0 saturated carbocycles. The second-order valence-electron chi connectivity index (χ2n) is 9.05. The Labute approximate surface area is 162 Å². The number of hydrogen-bond donors (Lipinski definition) is 4. The fourth-order valence-electron chi connectivity index (χ4n) is 4.18. The van der Waals surface area contributed by atoms with Crippen molar-refractivity contribution in [1.29, 1.82) is 0 Å². The first-order valence-corrected chi connectivity index (χ1v) is 9.55. The highest BCUT2D eigenvalue weighted by molar-refractivity contribution is 5.77. The normalized spacial score (nSPS) is 18.9. The zero-order chi connectivity index (χ0) is 19.8. The minimum absolute atomic E-state index is 0.0573. The van der Waals surface area contributed by atoms with Crippen molar-refractivity contribution in [2.45, 2.75) is 71.5 Å². The van der Waals surface area contributed by atoms with Crippen molar-refractivity contribution >= 4 is 23.0 Å². The van der Waals surface area contributed by atoms with Gasteiger partial charge in [-0.15, -0.1) is 0 Å². The van der Waals surface area contributed by atoms with Crippen molar-refractivity contribution in [3.8, 4) is 0 Å². The summed E-state index contributed by atoms with van der Waals surface area (Å²) in [5, 5.41) is 10.6. The molecule has 146 valence electrons. The molecule has 1 aromatic carbocycles. The summed E-state index contributed by atoms with van der Waals surface area (Å²) in [6.45, 7) is 13.1. The summed E-state index contributed by atoms with van der Waals surface area (Å²) in [4.78, 5) is 8.73. The third-order valence-electron chi connectivity index (χ3n) is 5.18. The van der Waals surface area contributed by atoms with E-state index in [4.69, 9.17) is 5.73 Å². The summed E-state index contributed by atoms with van der Waals surface area (Å²) in [6, 6.07) is 6.52. The van der Waals surface area contributed by atoms with Gasteiger partial charge in [0.15, 0.2) is 11.6 Å². The van der Waals surface area contributed by atoms with Gasteiger partial charge >= 0.3 is 0 Å². The number of benzene rings is 1. The molecule has 1 aliphatic heterocycles. The molecule has 5 N–H and O–H groups in total. The Morgan fingerprint density at radius 3 is 2.26 bits per heavy atom. The fourth-order valence-corrected chi connectivity index (χ4v) is 4.18. The van der Waals surface area contributed by atoms with Crippen molar-refractivity contribution in [1.82, 2.24) is 15.3 Å². The predicted molar refractivity (Wildman–Crippen MR) is 114 cm³/mol. The first-order chi connectivity index (χ1) is 12.5. The van der Waals surface area contributed by atoms with Crippen LogP contribution in [0.25, 0.3) is 0 Å². The molecule has 1 aliphatic rings. The van der Waals surface area contributed by atoms with Gasteiger partial charge in [-0.25, -0.2) is 9.97 Å². The van der Waals surface area contributed by atoms with Crippen LogP contribution in [0.4, 0.5) is 23.0 Å². The van der Waals surface area contributed by atoms with E-state index < -0.39 is 0 Å². The molecule has 1 saturated heterocycles. The van der Waals surface area contributed by atoms with Crippen molar-refractivity contribution in [2.24, 2.45) is 0 Å². The number of aromatic nitrogens is 2. The van der Waals surface area contributed by atoms with Crippen LogP contribution in [-0.4, -0.2) is 27.1 Å². The van der Waals surface area contributed by atoms with Crippen LogP contribution in [0.1, 0.15) is 51.7 Å². The van der Waals surface area contributed by atoms with E-state index in [1.54, 1.807) is 6.33 Å². The molecule has 0 unspecified atom stereocenters. The maximum Gasteiger partial charge on any atom is 0.159 e. The van der Waals surface area contributed by atoms with E-state index in [1.165, 1.54) is 11.1 Å². The Kier molecular flexibility index (Phi) is 5.04. The zero-order valence-electron chi connectivity index (χ0n) is 17.3. The lowest BCUT2D eigenvalue weighted by atomic mass is 9.79. The van der Waals surface area contributed by atoms with E-state index in [9.17, 15) is 0 Å². The first-order valence-electron chi connectivity index (χ1n) is 9.55. The van der Waals surface area contributed by atoms with Gasteiger partial charge in [-0.05, 0) is 77.6 Å². The summed E-state index contributed by atoms with van der Waals surface area (Å²) in [6.07, 6.45) is 3.55. The van der Waals surface area contributed by atoms with Crippen molar-refractivity contribution in [2.75, 3.05) is 16.4 Å². The molecule has 0 spiro atoms. The van der Waals surface area contributed by atoms with Gasteiger partial charge in [0, 0.05) is 22.8 Å². The van der Waals surface area contributed by atoms with Gasteiger partial charge in [0.2, 0.25) is 0 Å². The van der Waals surface area contributed by atoms with E-state index in [0.29, 0.717) is 23.4 Å². The highest BCUT2D eigenvalue weighted by Crippen LogP contribution is 2.33. The fraction of sp³-hybridized carbons (Fsp3) is 0.524. The number of nitrogens with two attached hydrogens (primary N) is 1. The largest absolute Gasteiger partial charge is 0.393 e. The van der Waals surface area contributed by atoms with Gasteiger partial charge < -0.3 is 21.7 Å². The molecule has 3 rings (SSSR count). The second kappa shape index (κ2) is 7.00. The van der Waals surface area contributed by atoms with Gasteiger partial charge in [0.25, 0.3) is 0 Å². The number of hydrogen-bond acceptors (Lipinski definition) is 6. The minimum Gasteiger partial charge on any atom is -0.393 e. The summed E-state index contributed by atoms with van der Waals surface area (Å²) < 4.78 is 0. The topological polar surface area (TPSA) is 87.9 Å². The Bertz CT molecular complexity index is 811. The minimum atomic E-state index is 0.0573. The van der Waals surface area contributed by atoms with Crippen LogP contribution >= 0.6 is 0 Å². The summed E-state index contributed by atoms with van der Waals surface area (Å²) >= 11 is 0. The van der Waals surface area contributed by atoms with Crippen molar-refractivity contribution in [3.63, 3.8) is 0 Å². The lowest BCUT2D eigenvalue weighted by Crippen LogP contribution is -2.60. The third kappa shape index (κ3) is 4.69. The highest BCUT2D eigenvalue weighted by Gasteiger charge is 2.37. The number of piperidine rings is 1. The molecule has 0 radical (unpaired) electrons. The molecule has 2 aromatic rings. The van der Waals surface area contributed by atoms with Crippen LogP contribution in [-0.2, 0) is 0 Å². The van der Waals surface area contributed by atoms with Crippen molar-refractivity contribution < 1.29 is 0 Å². The molecule has 1 aromatic heterocycles. The molecule has 0 aliphatic carbocycles. The van der Waals surface area contributed by atoms with E-state index >= 15 is 0 Å². The first kappa shape index (κ1) is 19.4. The number of nitrogens with zero attached hydrogens (tertiary/aromatic N) is 2. The average molecular weight is 369 g/mol. The third-order valence-corrected chi connectivity index (χ3v) is 5.18. The quantitative estimate of drug-likeness (QED) is 0.649. The number of nitrogen functional groups attached to an aromatic ring is 1. The van der Waals surface area contributed by atoms with Crippen LogP contribution < -0.4 is 21.7 Å². The van der Waals surface area contributed by atoms with E-state index in [1.807, 2.05) is 6.07 Å². The smallest absolute Gasteiger partial charge is 0.159 e. The van der Waals surface area contributed by atoms with E-state index in [2.05, 4.69) is 79.6 Å². The molecule has 2 heterocycles. The molecule has 27 heavy (non-hydrogen) atoms. The lowest BCUT2D eigenvalue weighted by Gasteiger charge is -2.46. The SMILES string of the molecule is Cc1ccc(Nc2ncnc(NC3CC(C)(C)NC(C)(C)C3)c2N)cc1C. The Morgan fingerprint density at radius 1 is 1.00 bits per heavy atom. The summed E-state index contributed by atoms with van der Waals surface area (Å²) in [7, 11) is 0. The molecule has 0 atom stereocenters. The summed E-state index contributed by atoms with van der Waals surface area (Å²) in [5.74, 6) is 1.32. The number of rotatable bonds is 4. The number of anilines is 4. The van der Waals surface area contributed by atoms with Gasteiger partial charge in [-0.3, -0.25) is 0 Å². The molecule has 6 nitrogen and oxygen atoms in total.